The molecular weight excluding hydrogens is 454 g/mol. The van der Waals surface area contributed by atoms with Crippen molar-refractivity contribution in [1.82, 2.24) is 9.47 Å². The fourth-order valence-corrected chi connectivity index (χ4v) is 4.37. The summed E-state index contributed by atoms with van der Waals surface area (Å²) < 4.78 is 2.69. The van der Waals surface area contributed by atoms with E-state index in [2.05, 4.69) is 21.2 Å². The number of halogens is 1. The van der Waals surface area contributed by atoms with E-state index >= 15 is 0 Å². The molecule has 2 heterocycles. The van der Waals surface area contributed by atoms with Crippen LogP contribution in [0, 0.1) is 0 Å². The number of fused-ring (bicyclic) bond motifs is 1. The van der Waals surface area contributed by atoms with Crippen LogP contribution in [0.4, 0.5) is 10.5 Å². The molecule has 146 valence electrons. The average Bonchev–Trinajstić information content (AvgIpc) is 3.15. The lowest BCUT2D eigenvalue weighted by Gasteiger charge is -2.13. The van der Waals surface area contributed by atoms with Crippen molar-refractivity contribution in [3.05, 3.63) is 69.7 Å². The molecular formula is C21H16BrN3O3S. The molecule has 29 heavy (non-hydrogen) atoms. The summed E-state index contributed by atoms with van der Waals surface area (Å²) in [6.07, 6.45) is 3.62. The van der Waals surface area contributed by atoms with Gasteiger partial charge in [-0.2, -0.15) is 0 Å². The minimum absolute atomic E-state index is 0.306. The zero-order valence-corrected chi connectivity index (χ0v) is 17.8. The van der Waals surface area contributed by atoms with Gasteiger partial charge in [0.15, 0.2) is 0 Å². The number of anilines is 1. The SMILES string of the molecule is Cn1cc(/C=C2/SC(=O)N(CC(=O)Nc3ccccc3Br)C2=O)c2ccccc21. The summed E-state index contributed by atoms with van der Waals surface area (Å²) in [5, 5.41) is 3.25. The number of rotatable bonds is 4. The van der Waals surface area contributed by atoms with Crippen LogP contribution in [-0.4, -0.2) is 33.1 Å². The fourth-order valence-electron chi connectivity index (χ4n) is 3.16. The van der Waals surface area contributed by atoms with Gasteiger partial charge in [-0.05, 0) is 52.0 Å². The summed E-state index contributed by atoms with van der Waals surface area (Å²) in [6.45, 7) is -0.334. The lowest BCUT2D eigenvalue weighted by molar-refractivity contribution is -0.127. The van der Waals surface area contributed by atoms with Crippen molar-refractivity contribution < 1.29 is 14.4 Å². The molecule has 1 aliphatic heterocycles. The maximum Gasteiger partial charge on any atom is 0.294 e. The minimum atomic E-state index is -0.463. The standard InChI is InChI=1S/C21H16BrN3O3S/c1-24-11-13(14-6-2-5-9-17(14)24)10-18-20(27)25(21(28)29-18)12-19(26)23-16-8-4-3-7-15(16)22/h2-11H,12H2,1H3,(H,23,26)/b18-10+. The number of aromatic nitrogens is 1. The van der Waals surface area contributed by atoms with E-state index in [1.807, 2.05) is 48.1 Å². The molecule has 0 spiro atoms. The van der Waals surface area contributed by atoms with Gasteiger partial charge in [-0.3, -0.25) is 19.3 Å². The van der Waals surface area contributed by atoms with E-state index in [1.165, 1.54) is 0 Å². The third-order valence-corrected chi connectivity index (χ3v) is 6.14. The molecule has 8 heteroatoms. The number of carbonyl (C=O) groups is 3. The molecule has 0 saturated carbocycles. The number of nitrogens with one attached hydrogen (secondary N) is 1. The number of amides is 3. The first kappa shape index (κ1) is 19.5. The second-order valence-electron chi connectivity index (χ2n) is 6.51. The Balaban J connectivity index is 1.53. The average molecular weight is 470 g/mol. The van der Waals surface area contributed by atoms with Crippen LogP contribution in [-0.2, 0) is 16.6 Å². The van der Waals surface area contributed by atoms with Crippen molar-refractivity contribution in [2.75, 3.05) is 11.9 Å². The molecule has 1 aromatic heterocycles. The smallest absolute Gasteiger partial charge is 0.294 e. The molecule has 1 saturated heterocycles. The van der Waals surface area contributed by atoms with Crippen molar-refractivity contribution in [1.29, 1.82) is 0 Å². The number of nitrogens with zero attached hydrogens (tertiary/aromatic N) is 2. The molecule has 1 aliphatic rings. The molecule has 0 bridgehead atoms. The molecule has 0 unspecified atom stereocenters. The maximum absolute atomic E-state index is 12.7. The number of carbonyl (C=O) groups excluding carboxylic acids is 3. The van der Waals surface area contributed by atoms with Crippen LogP contribution in [0.2, 0.25) is 0 Å². The van der Waals surface area contributed by atoms with Gasteiger partial charge in [-0.15, -0.1) is 0 Å². The number of imide groups is 1. The van der Waals surface area contributed by atoms with E-state index in [0.717, 1.165) is 37.6 Å². The molecule has 2 aromatic carbocycles. The Morgan fingerprint density at radius 3 is 2.66 bits per heavy atom. The van der Waals surface area contributed by atoms with Gasteiger partial charge >= 0.3 is 0 Å². The highest BCUT2D eigenvalue weighted by molar-refractivity contribution is 9.10. The number of para-hydroxylation sites is 2. The van der Waals surface area contributed by atoms with Crippen LogP contribution in [0.15, 0.2) is 64.1 Å². The van der Waals surface area contributed by atoms with Crippen molar-refractivity contribution in [2.24, 2.45) is 7.05 Å². The van der Waals surface area contributed by atoms with Gasteiger partial charge < -0.3 is 9.88 Å². The number of aryl methyl sites for hydroxylation is 1. The molecule has 3 aromatic rings. The lowest BCUT2D eigenvalue weighted by Crippen LogP contribution is -2.36. The third kappa shape index (κ3) is 3.86. The molecule has 1 N–H and O–H groups in total. The molecule has 0 radical (unpaired) electrons. The predicted octanol–water partition coefficient (Wildman–Crippen LogP) is 4.62. The van der Waals surface area contributed by atoms with E-state index in [4.69, 9.17) is 0 Å². The predicted molar refractivity (Wildman–Crippen MR) is 118 cm³/mol. The van der Waals surface area contributed by atoms with E-state index < -0.39 is 17.1 Å². The summed E-state index contributed by atoms with van der Waals surface area (Å²) >= 11 is 4.20. The summed E-state index contributed by atoms with van der Waals surface area (Å²) in [5.41, 5.74) is 2.47. The fraction of sp³-hybridized carbons (Fsp3) is 0.0952. The Morgan fingerprint density at radius 1 is 1.14 bits per heavy atom. The first-order valence-corrected chi connectivity index (χ1v) is 10.4. The van der Waals surface area contributed by atoms with Crippen LogP contribution in [0.1, 0.15) is 5.56 Å². The van der Waals surface area contributed by atoms with Crippen LogP contribution in [0.5, 0.6) is 0 Å². The Morgan fingerprint density at radius 2 is 1.86 bits per heavy atom. The molecule has 0 aliphatic carbocycles. The Labute approximate surface area is 179 Å². The largest absolute Gasteiger partial charge is 0.350 e. The van der Waals surface area contributed by atoms with Gasteiger partial charge in [0.25, 0.3) is 11.1 Å². The zero-order chi connectivity index (χ0) is 20.5. The van der Waals surface area contributed by atoms with Crippen LogP contribution in [0.3, 0.4) is 0 Å². The Hall–Kier alpha value is -2.84. The monoisotopic (exact) mass is 469 g/mol. The van der Waals surface area contributed by atoms with Gasteiger partial charge in [0.1, 0.15) is 6.54 Å². The summed E-state index contributed by atoms with van der Waals surface area (Å²) in [4.78, 5) is 38.7. The molecule has 4 rings (SSSR count). The number of thioether (sulfide) groups is 1. The van der Waals surface area contributed by atoms with Gasteiger partial charge in [-0.1, -0.05) is 30.3 Å². The van der Waals surface area contributed by atoms with Gasteiger partial charge in [0.05, 0.1) is 10.6 Å². The van der Waals surface area contributed by atoms with Crippen LogP contribution < -0.4 is 5.32 Å². The quantitative estimate of drug-likeness (QED) is 0.566. The van der Waals surface area contributed by atoms with Gasteiger partial charge in [0, 0.05) is 34.2 Å². The molecule has 3 amide bonds. The van der Waals surface area contributed by atoms with Crippen molar-refractivity contribution in [3.8, 4) is 0 Å². The van der Waals surface area contributed by atoms with E-state index in [1.54, 1.807) is 24.3 Å². The van der Waals surface area contributed by atoms with E-state index in [0.29, 0.717) is 10.6 Å². The number of hydrogen-bond donors (Lipinski definition) is 1. The lowest BCUT2D eigenvalue weighted by atomic mass is 10.1. The summed E-state index contributed by atoms with van der Waals surface area (Å²) in [7, 11) is 1.93. The van der Waals surface area contributed by atoms with Crippen molar-refractivity contribution in [3.63, 3.8) is 0 Å². The van der Waals surface area contributed by atoms with Crippen LogP contribution in [0.25, 0.3) is 17.0 Å². The molecule has 6 nitrogen and oxygen atoms in total. The van der Waals surface area contributed by atoms with E-state index in [-0.39, 0.29) is 6.54 Å². The molecule has 0 atom stereocenters. The summed E-state index contributed by atoms with van der Waals surface area (Å²) in [6, 6.07) is 15.0. The first-order chi connectivity index (χ1) is 13.9. The Bertz CT molecular complexity index is 1180. The first-order valence-electron chi connectivity index (χ1n) is 8.78. The van der Waals surface area contributed by atoms with Gasteiger partial charge in [-0.25, -0.2) is 0 Å². The van der Waals surface area contributed by atoms with Gasteiger partial charge in [0.2, 0.25) is 5.91 Å². The Kier molecular flexibility index (Phi) is 5.29. The highest BCUT2D eigenvalue weighted by Gasteiger charge is 2.36. The topological polar surface area (TPSA) is 71.4 Å². The number of hydrogen-bond acceptors (Lipinski definition) is 4. The van der Waals surface area contributed by atoms with Crippen LogP contribution >= 0.6 is 27.7 Å². The maximum atomic E-state index is 12.7. The number of benzene rings is 2. The molecule has 1 fully saturated rings. The summed E-state index contributed by atoms with van der Waals surface area (Å²) in [5.74, 6) is -0.902. The second-order valence-corrected chi connectivity index (χ2v) is 8.36. The highest BCUT2D eigenvalue weighted by Crippen LogP contribution is 2.34. The minimum Gasteiger partial charge on any atom is -0.350 e. The second kappa shape index (κ2) is 7.88. The highest BCUT2D eigenvalue weighted by atomic mass is 79.9. The van der Waals surface area contributed by atoms with Crippen molar-refractivity contribution in [2.45, 2.75) is 0 Å². The zero-order valence-electron chi connectivity index (χ0n) is 15.4. The van der Waals surface area contributed by atoms with Crippen molar-refractivity contribution >= 4 is 67.4 Å². The third-order valence-electron chi connectivity index (χ3n) is 4.54. The normalized spacial score (nSPS) is 15.5. The van der Waals surface area contributed by atoms with E-state index in [9.17, 15) is 14.4 Å².